The van der Waals surface area contributed by atoms with Gasteiger partial charge in [0, 0.05) is 56.7 Å². The maximum Gasteiger partial charge on any atom is 0.161 e. The molecule has 0 atom stereocenters. The summed E-state index contributed by atoms with van der Waals surface area (Å²) in [4.78, 5) is 9.19. The second kappa shape index (κ2) is 7.61. The van der Waals surface area contributed by atoms with Crippen LogP contribution in [0.25, 0.3) is 0 Å². The molecule has 1 N–H and O–H groups in total. The van der Waals surface area contributed by atoms with Crippen molar-refractivity contribution < 1.29 is 9.47 Å². The zero-order valence-electron chi connectivity index (χ0n) is 15.4. The van der Waals surface area contributed by atoms with E-state index in [0.717, 1.165) is 42.5 Å². The minimum absolute atomic E-state index is 0.676. The van der Waals surface area contributed by atoms with Gasteiger partial charge in [0.25, 0.3) is 0 Å². The number of fused-ring (bicyclic) bond motifs is 1. The lowest BCUT2D eigenvalue weighted by molar-refractivity contribution is 0.342. The summed E-state index contributed by atoms with van der Waals surface area (Å²) in [5, 5.41) is 3.40. The van der Waals surface area contributed by atoms with Crippen molar-refractivity contribution in [2.24, 2.45) is 0 Å². The smallest absolute Gasteiger partial charge is 0.161 e. The fraction of sp³-hybridized carbons (Fsp3) is 0.421. The van der Waals surface area contributed by atoms with E-state index < -0.39 is 0 Å². The van der Waals surface area contributed by atoms with E-state index in [1.165, 1.54) is 11.3 Å². The summed E-state index contributed by atoms with van der Waals surface area (Å²) in [5.74, 6) is 2.35. The molecular formula is C19H26N4O2. The molecule has 6 heteroatoms. The number of anilines is 2. The van der Waals surface area contributed by atoms with Crippen molar-refractivity contribution in [2.75, 3.05) is 51.6 Å². The molecule has 1 aliphatic heterocycles. The normalized spacial score (nSPS) is 14.6. The molecular weight excluding hydrogens is 316 g/mol. The van der Waals surface area contributed by atoms with Crippen molar-refractivity contribution in [1.82, 2.24) is 9.88 Å². The van der Waals surface area contributed by atoms with Crippen LogP contribution in [-0.4, -0.2) is 51.3 Å². The molecule has 0 spiro atoms. The molecule has 2 aromatic rings. The third-order valence-electron chi connectivity index (χ3n) is 4.55. The van der Waals surface area contributed by atoms with Crippen LogP contribution >= 0.6 is 0 Å². The van der Waals surface area contributed by atoms with Gasteiger partial charge in [0.1, 0.15) is 5.82 Å². The fourth-order valence-electron chi connectivity index (χ4n) is 3.04. The molecule has 1 aliphatic rings. The Morgan fingerprint density at radius 3 is 2.64 bits per heavy atom. The van der Waals surface area contributed by atoms with Crippen LogP contribution in [0.15, 0.2) is 30.5 Å². The number of ether oxygens (including phenoxy) is 2. The molecule has 0 saturated heterocycles. The molecule has 1 aromatic heterocycles. The minimum atomic E-state index is 0.676. The van der Waals surface area contributed by atoms with Gasteiger partial charge >= 0.3 is 0 Å². The van der Waals surface area contributed by atoms with E-state index in [9.17, 15) is 0 Å². The first-order valence-electron chi connectivity index (χ1n) is 8.44. The maximum atomic E-state index is 5.36. The fourth-order valence-corrected chi connectivity index (χ4v) is 3.04. The zero-order valence-corrected chi connectivity index (χ0v) is 15.4. The summed E-state index contributed by atoms with van der Waals surface area (Å²) in [6.45, 7) is 3.68. The van der Waals surface area contributed by atoms with Gasteiger partial charge in [-0.05, 0) is 24.7 Å². The lowest BCUT2D eigenvalue weighted by Gasteiger charge is -2.19. The molecule has 2 heterocycles. The molecule has 0 radical (unpaired) electrons. The predicted molar refractivity (Wildman–Crippen MR) is 101 cm³/mol. The molecule has 0 bridgehead atoms. The van der Waals surface area contributed by atoms with Gasteiger partial charge in [-0.25, -0.2) is 4.98 Å². The monoisotopic (exact) mass is 342 g/mol. The van der Waals surface area contributed by atoms with Crippen molar-refractivity contribution in [3.8, 4) is 11.5 Å². The number of likely N-dealkylation sites (N-methyl/N-ethyl adjacent to an activating group) is 2. The van der Waals surface area contributed by atoms with E-state index in [1.807, 2.05) is 24.4 Å². The number of methoxy groups -OCH3 is 2. The summed E-state index contributed by atoms with van der Waals surface area (Å²) >= 11 is 0. The van der Waals surface area contributed by atoms with Crippen LogP contribution in [0.4, 0.5) is 11.5 Å². The van der Waals surface area contributed by atoms with E-state index in [0.29, 0.717) is 6.54 Å². The first-order valence-corrected chi connectivity index (χ1v) is 8.44. The molecule has 0 fully saturated rings. The Kier molecular flexibility index (Phi) is 5.28. The van der Waals surface area contributed by atoms with Gasteiger partial charge in [0.15, 0.2) is 11.5 Å². The Balaban J connectivity index is 1.74. The first kappa shape index (κ1) is 17.4. The number of nitrogens with one attached hydrogen (secondary N) is 1. The van der Waals surface area contributed by atoms with Crippen LogP contribution in [0.5, 0.6) is 11.5 Å². The van der Waals surface area contributed by atoms with Crippen LogP contribution in [0, 0.1) is 0 Å². The van der Waals surface area contributed by atoms with Gasteiger partial charge in [0.05, 0.1) is 14.2 Å². The van der Waals surface area contributed by atoms with Gasteiger partial charge in [-0.2, -0.15) is 0 Å². The third kappa shape index (κ3) is 3.96. The van der Waals surface area contributed by atoms with Crippen molar-refractivity contribution in [1.29, 1.82) is 0 Å². The summed E-state index contributed by atoms with van der Waals surface area (Å²) in [7, 11) is 7.57. The zero-order chi connectivity index (χ0) is 17.8. The van der Waals surface area contributed by atoms with Gasteiger partial charge in [0.2, 0.25) is 0 Å². The van der Waals surface area contributed by atoms with Gasteiger partial charge in [-0.15, -0.1) is 0 Å². The van der Waals surface area contributed by atoms with Crippen molar-refractivity contribution in [2.45, 2.75) is 13.1 Å². The van der Waals surface area contributed by atoms with Crippen LogP contribution in [0.1, 0.15) is 11.1 Å². The number of pyridine rings is 1. The Hall–Kier alpha value is -2.47. The Bertz CT molecular complexity index is 735. The average molecular weight is 342 g/mol. The molecule has 6 nitrogen and oxygen atoms in total. The molecule has 134 valence electrons. The van der Waals surface area contributed by atoms with E-state index in [2.05, 4.69) is 40.3 Å². The number of hydrogen-bond donors (Lipinski definition) is 1. The van der Waals surface area contributed by atoms with Crippen LogP contribution in [0.2, 0.25) is 0 Å². The highest BCUT2D eigenvalue weighted by molar-refractivity contribution is 5.59. The summed E-state index contributed by atoms with van der Waals surface area (Å²) in [6, 6.07) is 8.06. The molecule has 3 rings (SSSR count). The lowest BCUT2D eigenvalue weighted by Crippen LogP contribution is -2.26. The molecule has 0 aliphatic carbocycles. The van der Waals surface area contributed by atoms with Gasteiger partial charge in [-0.3, -0.25) is 0 Å². The largest absolute Gasteiger partial charge is 0.493 e. The average Bonchev–Trinajstić information content (AvgIpc) is 2.78. The third-order valence-corrected chi connectivity index (χ3v) is 4.55. The van der Waals surface area contributed by atoms with Crippen molar-refractivity contribution in [3.63, 3.8) is 0 Å². The highest BCUT2D eigenvalue weighted by Gasteiger charge is 2.16. The van der Waals surface area contributed by atoms with Crippen LogP contribution < -0.4 is 19.7 Å². The Morgan fingerprint density at radius 2 is 1.88 bits per heavy atom. The van der Waals surface area contributed by atoms with Gasteiger partial charge in [-0.1, -0.05) is 6.07 Å². The highest BCUT2D eigenvalue weighted by Crippen LogP contribution is 2.28. The van der Waals surface area contributed by atoms with E-state index in [1.54, 1.807) is 14.2 Å². The minimum Gasteiger partial charge on any atom is -0.493 e. The number of aromatic nitrogens is 1. The molecule has 0 saturated carbocycles. The lowest BCUT2D eigenvalue weighted by atomic mass is 10.2. The second-order valence-electron chi connectivity index (χ2n) is 6.40. The first-order chi connectivity index (χ1) is 12.1. The van der Waals surface area contributed by atoms with Crippen LogP contribution in [-0.2, 0) is 13.1 Å². The number of benzene rings is 1. The number of nitrogens with zero attached hydrogens (tertiary/aromatic N) is 3. The van der Waals surface area contributed by atoms with Crippen LogP contribution in [0.3, 0.4) is 0 Å². The quantitative estimate of drug-likeness (QED) is 0.901. The second-order valence-corrected chi connectivity index (χ2v) is 6.40. The molecule has 25 heavy (non-hydrogen) atoms. The maximum absolute atomic E-state index is 5.36. The number of rotatable bonds is 5. The number of hydrogen-bond acceptors (Lipinski definition) is 6. The van der Waals surface area contributed by atoms with E-state index in [-0.39, 0.29) is 0 Å². The molecule has 1 aromatic carbocycles. The van der Waals surface area contributed by atoms with Crippen molar-refractivity contribution >= 4 is 11.5 Å². The Labute approximate surface area is 149 Å². The van der Waals surface area contributed by atoms with E-state index in [4.69, 9.17) is 9.47 Å². The standard InChI is InChI=1S/C19H26N4O2/c1-22-7-8-23(2)16-10-19(21-12-15(16)13-22)20-11-14-5-6-17(24-3)18(9-14)25-4/h5-6,9-10,12H,7-8,11,13H2,1-4H3,(H,20,21). The topological polar surface area (TPSA) is 49.9 Å². The summed E-state index contributed by atoms with van der Waals surface area (Å²) < 4.78 is 10.6. The predicted octanol–water partition coefficient (Wildman–Crippen LogP) is 2.59. The Morgan fingerprint density at radius 1 is 1.08 bits per heavy atom. The van der Waals surface area contributed by atoms with Gasteiger partial charge < -0.3 is 24.6 Å². The highest BCUT2D eigenvalue weighted by atomic mass is 16.5. The summed E-state index contributed by atoms with van der Waals surface area (Å²) in [6.07, 6.45) is 1.98. The molecule has 0 amide bonds. The van der Waals surface area contributed by atoms with E-state index >= 15 is 0 Å². The summed E-state index contributed by atoms with van der Waals surface area (Å²) in [5.41, 5.74) is 3.62. The van der Waals surface area contributed by atoms with Crippen molar-refractivity contribution in [3.05, 3.63) is 41.6 Å². The molecule has 0 unspecified atom stereocenters. The SMILES string of the molecule is COc1ccc(CNc2cc3c(cn2)CN(C)CCN3C)cc1OC.